The van der Waals surface area contributed by atoms with Gasteiger partial charge in [-0.25, -0.2) is 4.39 Å². The fourth-order valence-electron chi connectivity index (χ4n) is 2.16. The van der Waals surface area contributed by atoms with E-state index >= 15 is 0 Å². The molecule has 23 heavy (non-hydrogen) atoms. The van der Waals surface area contributed by atoms with Crippen LogP contribution in [-0.4, -0.2) is 10.2 Å². The van der Waals surface area contributed by atoms with Crippen molar-refractivity contribution in [3.63, 3.8) is 0 Å². The van der Waals surface area contributed by atoms with E-state index in [9.17, 15) is 4.39 Å². The van der Waals surface area contributed by atoms with Gasteiger partial charge in [0.25, 0.3) is 5.22 Å². The number of nitrogens with zero attached hydrogens (tertiary/aromatic N) is 2. The van der Waals surface area contributed by atoms with Crippen LogP contribution in [0.3, 0.4) is 0 Å². The van der Waals surface area contributed by atoms with E-state index in [0.717, 1.165) is 17.5 Å². The predicted octanol–water partition coefficient (Wildman–Crippen LogP) is 4.65. The third-order valence-electron chi connectivity index (χ3n) is 3.51. The molecule has 118 valence electrons. The van der Waals surface area contributed by atoms with E-state index in [2.05, 4.69) is 41.4 Å². The number of hydrogen-bond donors (Lipinski definition) is 0. The Bertz CT molecular complexity index is 753. The van der Waals surface area contributed by atoms with Crippen LogP contribution in [0, 0.1) is 5.82 Å². The molecule has 0 aliphatic rings. The summed E-state index contributed by atoms with van der Waals surface area (Å²) in [6.45, 7) is 2.14. The zero-order chi connectivity index (χ0) is 16.1. The molecule has 3 aromatic rings. The first kappa shape index (κ1) is 15.7. The van der Waals surface area contributed by atoms with Crippen LogP contribution in [0.15, 0.2) is 58.2 Å². The second-order valence-corrected chi connectivity index (χ2v) is 6.15. The Morgan fingerprint density at radius 1 is 0.913 bits per heavy atom. The Morgan fingerprint density at radius 3 is 2.26 bits per heavy atom. The van der Waals surface area contributed by atoms with Crippen molar-refractivity contribution in [3.05, 3.63) is 76.9 Å². The number of thioether (sulfide) groups is 1. The van der Waals surface area contributed by atoms with Crippen LogP contribution >= 0.6 is 11.8 Å². The van der Waals surface area contributed by atoms with Crippen LogP contribution in [0.1, 0.15) is 29.5 Å². The molecule has 0 radical (unpaired) electrons. The number of hydrogen-bond acceptors (Lipinski definition) is 4. The zero-order valence-corrected chi connectivity index (χ0v) is 13.6. The van der Waals surface area contributed by atoms with Gasteiger partial charge in [0.05, 0.1) is 6.42 Å². The monoisotopic (exact) mass is 328 g/mol. The minimum absolute atomic E-state index is 0.229. The summed E-state index contributed by atoms with van der Waals surface area (Å²) < 4.78 is 18.5. The first-order valence-corrected chi connectivity index (χ1v) is 8.49. The molecule has 0 spiro atoms. The minimum Gasteiger partial charge on any atom is -0.416 e. The lowest BCUT2D eigenvalue weighted by atomic mass is 10.1. The van der Waals surface area contributed by atoms with Crippen LogP contribution in [0.4, 0.5) is 4.39 Å². The molecule has 5 heteroatoms. The third-order valence-corrected chi connectivity index (χ3v) is 4.40. The third kappa shape index (κ3) is 4.42. The lowest BCUT2D eigenvalue weighted by Gasteiger charge is -1.99. The number of halogens is 1. The van der Waals surface area contributed by atoms with Gasteiger partial charge in [-0.05, 0) is 35.2 Å². The molecular weight excluding hydrogens is 311 g/mol. The molecule has 0 aliphatic heterocycles. The number of rotatable bonds is 6. The second kappa shape index (κ2) is 7.42. The van der Waals surface area contributed by atoms with Gasteiger partial charge in [-0.3, -0.25) is 0 Å². The Labute approximate surface area is 138 Å². The number of aryl methyl sites for hydroxylation is 1. The standard InChI is InChI=1S/C18H17FN2OS/c1-2-13-3-5-14(6-4-13)11-17-20-21-18(22-17)23-12-15-7-9-16(19)10-8-15/h3-10H,2,11-12H2,1H3. The predicted molar refractivity (Wildman–Crippen MR) is 88.9 cm³/mol. The zero-order valence-electron chi connectivity index (χ0n) is 12.8. The molecule has 0 N–H and O–H groups in total. The summed E-state index contributed by atoms with van der Waals surface area (Å²) in [6, 6.07) is 14.8. The maximum atomic E-state index is 12.9. The SMILES string of the molecule is CCc1ccc(Cc2nnc(SCc3ccc(F)cc3)o2)cc1. The first-order valence-electron chi connectivity index (χ1n) is 7.50. The Hall–Kier alpha value is -2.14. The highest BCUT2D eigenvalue weighted by Gasteiger charge is 2.08. The van der Waals surface area contributed by atoms with Crippen molar-refractivity contribution in [2.75, 3.05) is 0 Å². The maximum Gasteiger partial charge on any atom is 0.276 e. The van der Waals surface area contributed by atoms with E-state index in [-0.39, 0.29) is 5.82 Å². The van der Waals surface area contributed by atoms with E-state index in [1.807, 2.05) is 0 Å². The van der Waals surface area contributed by atoms with Gasteiger partial charge in [0.2, 0.25) is 5.89 Å². The lowest BCUT2D eigenvalue weighted by molar-refractivity contribution is 0.420. The van der Waals surface area contributed by atoms with Crippen LogP contribution in [0.25, 0.3) is 0 Å². The van der Waals surface area contributed by atoms with Crippen molar-refractivity contribution in [1.29, 1.82) is 0 Å². The molecular formula is C18H17FN2OS. The highest BCUT2D eigenvalue weighted by Crippen LogP contribution is 2.22. The van der Waals surface area contributed by atoms with Gasteiger partial charge >= 0.3 is 0 Å². The molecule has 0 saturated heterocycles. The van der Waals surface area contributed by atoms with Gasteiger partial charge in [-0.15, -0.1) is 10.2 Å². The van der Waals surface area contributed by atoms with Gasteiger partial charge in [0.15, 0.2) is 0 Å². The van der Waals surface area contributed by atoms with E-state index in [1.54, 1.807) is 12.1 Å². The fourth-order valence-corrected chi connectivity index (χ4v) is 2.90. The summed E-state index contributed by atoms with van der Waals surface area (Å²) in [4.78, 5) is 0. The first-order chi connectivity index (χ1) is 11.2. The summed E-state index contributed by atoms with van der Waals surface area (Å²) in [5, 5.41) is 8.67. The molecule has 3 nitrogen and oxygen atoms in total. The topological polar surface area (TPSA) is 38.9 Å². The minimum atomic E-state index is -0.229. The van der Waals surface area contributed by atoms with Crippen LogP contribution in [0.5, 0.6) is 0 Å². The molecule has 0 aliphatic carbocycles. The summed E-state index contributed by atoms with van der Waals surface area (Å²) >= 11 is 1.45. The highest BCUT2D eigenvalue weighted by atomic mass is 32.2. The summed E-state index contributed by atoms with van der Waals surface area (Å²) in [5.41, 5.74) is 3.49. The molecule has 3 rings (SSSR count). The number of aromatic nitrogens is 2. The molecule has 0 atom stereocenters. The molecule has 0 amide bonds. The molecule has 1 heterocycles. The molecule has 2 aromatic carbocycles. The van der Waals surface area contributed by atoms with Crippen molar-refractivity contribution in [2.45, 2.75) is 30.7 Å². The normalized spacial score (nSPS) is 10.9. The van der Waals surface area contributed by atoms with E-state index in [0.29, 0.717) is 23.3 Å². The maximum absolute atomic E-state index is 12.9. The molecule has 0 unspecified atom stereocenters. The quantitative estimate of drug-likeness (QED) is 0.617. The summed E-state index contributed by atoms with van der Waals surface area (Å²) in [6.07, 6.45) is 1.67. The Balaban J connectivity index is 1.57. The van der Waals surface area contributed by atoms with Gasteiger partial charge in [0.1, 0.15) is 5.82 Å². The Morgan fingerprint density at radius 2 is 1.57 bits per heavy atom. The number of benzene rings is 2. The van der Waals surface area contributed by atoms with Crippen LogP contribution in [-0.2, 0) is 18.6 Å². The average Bonchev–Trinajstić information content (AvgIpc) is 3.02. The van der Waals surface area contributed by atoms with Gasteiger partial charge < -0.3 is 4.42 Å². The van der Waals surface area contributed by atoms with Crippen molar-refractivity contribution in [3.8, 4) is 0 Å². The van der Waals surface area contributed by atoms with E-state index in [4.69, 9.17) is 4.42 Å². The highest BCUT2D eigenvalue weighted by molar-refractivity contribution is 7.98. The second-order valence-electron chi connectivity index (χ2n) is 5.22. The molecule has 1 aromatic heterocycles. The van der Waals surface area contributed by atoms with Gasteiger partial charge in [-0.2, -0.15) is 0 Å². The van der Waals surface area contributed by atoms with E-state index in [1.165, 1.54) is 29.5 Å². The summed E-state index contributed by atoms with van der Waals surface area (Å²) in [7, 11) is 0. The molecule has 0 bridgehead atoms. The van der Waals surface area contributed by atoms with E-state index < -0.39 is 0 Å². The van der Waals surface area contributed by atoms with Crippen LogP contribution < -0.4 is 0 Å². The van der Waals surface area contributed by atoms with Gasteiger partial charge in [-0.1, -0.05) is 55.1 Å². The smallest absolute Gasteiger partial charge is 0.276 e. The van der Waals surface area contributed by atoms with Crippen LogP contribution in [0.2, 0.25) is 0 Å². The largest absolute Gasteiger partial charge is 0.416 e. The fraction of sp³-hybridized carbons (Fsp3) is 0.222. The van der Waals surface area contributed by atoms with Gasteiger partial charge in [0, 0.05) is 5.75 Å². The van der Waals surface area contributed by atoms with Crippen molar-refractivity contribution >= 4 is 11.8 Å². The Kier molecular flexibility index (Phi) is 5.08. The summed E-state index contributed by atoms with van der Waals surface area (Å²) in [5.74, 6) is 1.05. The average molecular weight is 328 g/mol. The van der Waals surface area contributed by atoms with Crippen molar-refractivity contribution in [2.24, 2.45) is 0 Å². The lowest BCUT2D eigenvalue weighted by Crippen LogP contribution is -1.89. The molecule has 0 saturated carbocycles. The molecule has 0 fully saturated rings. The van der Waals surface area contributed by atoms with Crippen molar-refractivity contribution < 1.29 is 8.81 Å². The van der Waals surface area contributed by atoms with Crippen molar-refractivity contribution in [1.82, 2.24) is 10.2 Å².